The van der Waals surface area contributed by atoms with Gasteiger partial charge in [-0.2, -0.15) is 0 Å². The van der Waals surface area contributed by atoms with E-state index in [0.29, 0.717) is 5.82 Å². The van der Waals surface area contributed by atoms with Crippen molar-refractivity contribution < 1.29 is 9.53 Å². The minimum absolute atomic E-state index is 0.247. The summed E-state index contributed by atoms with van der Waals surface area (Å²) in [5.41, 5.74) is 2.78. The number of hydrogen-bond acceptors (Lipinski definition) is 7. The number of ether oxygens (including phenoxy) is 1. The predicted octanol–water partition coefficient (Wildman–Crippen LogP) is 2.13. The molecule has 0 saturated carbocycles. The van der Waals surface area contributed by atoms with Gasteiger partial charge in [-0.05, 0) is 36.4 Å². The van der Waals surface area contributed by atoms with Crippen molar-refractivity contribution in [3.63, 3.8) is 0 Å². The van der Waals surface area contributed by atoms with Crippen molar-refractivity contribution >= 4 is 11.8 Å². The minimum atomic E-state index is -0.478. The molecule has 2 aromatic heterocycles. The van der Waals surface area contributed by atoms with Gasteiger partial charge < -0.3 is 15.0 Å². The summed E-state index contributed by atoms with van der Waals surface area (Å²) in [5, 5.41) is 3.32. The number of piperazine rings is 1. The molecule has 0 amide bonds. The monoisotopic (exact) mass is 399 g/mol. The molecule has 1 aliphatic rings. The third-order valence-electron chi connectivity index (χ3n) is 4.70. The van der Waals surface area contributed by atoms with Crippen LogP contribution in [0, 0.1) is 11.8 Å². The lowest BCUT2D eigenvalue weighted by Crippen LogP contribution is -2.44. The third kappa shape index (κ3) is 4.62. The van der Waals surface area contributed by atoms with Crippen LogP contribution in [0.25, 0.3) is 11.4 Å². The van der Waals surface area contributed by atoms with Gasteiger partial charge in [0.2, 0.25) is 0 Å². The second kappa shape index (κ2) is 9.16. The summed E-state index contributed by atoms with van der Waals surface area (Å²) in [6, 6.07) is 13.1. The van der Waals surface area contributed by atoms with E-state index in [9.17, 15) is 4.79 Å². The molecule has 0 aliphatic carbocycles. The molecule has 4 rings (SSSR count). The van der Waals surface area contributed by atoms with Crippen LogP contribution in [0.1, 0.15) is 21.6 Å². The normalized spacial score (nSPS) is 13.3. The van der Waals surface area contributed by atoms with Crippen molar-refractivity contribution in [2.75, 3.05) is 38.2 Å². The van der Waals surface area contributed by atoms with Gasteiger partial charge in [-0.3, -0.25) is 4.98 Å². The van der Waals surface area contributed by atoms with Crippen LogP contribution in [0.5, 0.6) is 0 Å². The van der Waals surface area contributed by atoms with Gasteiger partial charge in [0.05, 0.1) is 7.11 Å². The third-order valence-corrected chi connectivity index (χ3v) is 4.70. The van der Waals surface area contributed by atoms with Crippen molar-refractivity contribution in [3.8, 4) is 23.2 Å². The van der Waals surface area contributed by atoms with Crippen LogP contribution >= 0.6 is 0 Å². The summed E-state index contributed by atoms with van der Waals surface area (Å²) in [6.45, 7) is 3.38. The van der Waals surface area contributed by atoms with Crippen molar-refractivity contribution in [2.45, 2.75) is 0 Å². The number of aromatic nitrogens is 3. The van der Waals surface area contributed by atoms with E-state index in [1.807, 2.05) is 36.4 Å². The lowest BCUT2D eigenvalue weighted by molar-refractivity contribution is 0.0594. The average molecular weight is 399 g/mol. The molecule has 7 nitrogen and oxygen atoms in total. The van der Waals surface area contributed by atoms with Gasteiger partial charge in [0, 0.05) is 61.3 Å². The van der Waals surface area contributed by atoms with Gasteiger partial charge in [0.15, 0.2) is 11.5 Å². The van der Waals surface area contributed by atoms with Crippen molar-refractivity contribution in [3.05, 3.63) is 71.7 Å². The minimum Gasteiger partial charge on any atom is -0.464 e. The van der Waals surface area contributed by atoms with Gasteiger partial charge in [0.1, 0.15) is 5.82 Å². The number of hydrogen-bond donors (Lipinski definition) is 1. The molecule has 0 unspecified atom stereocenters. The molecule has 0 radical (unpaired) electrons. The largest absolute Gasteiger partial charge is 0.464 e. The van der Waals surface area contributed by atoms with Gasteiger partial charge in [-0.25, -0.2) is 14.8 Å². The molecule has 0 spiro atoms. The quantitative estimate of drug-likeness (QED) is 0.534. The SMILES string of the molecule is COC(=O)c1cc(N2CCNCC2)nc(-c2ccc(C#Cc3cccnc3)cc2)n1. The second-order valence-electron chi connectivity index (χ2n) is 6.73. The predicted molar refractivity (Wildman–Crippen MR) is 114 cm³/mol. The highest BCUT2D eigenvalue weighted by molar-refractivity contribution is 5.88. The van der Waals surface area contributed by atoms with E-state index in [0.717, 1.165) is 48.7 Å². The number of esters is 1. The van der Waals surface area contributed by atoms with Gasteiger partial charge in [-0.1, -0.05) is 11.8 Å². The second-order valence-corrected chi connectivity index (χ2v) is 6.73. The van der Waals surface area contributed by atoms with E-state index in [1.165, 1.54) is 7.11 Å². The molecular formula is C23H21N5O2. The van der Waals surface area contributed by atoms with Crippen LogP contribution in [0.4, 0.5) is 5.82 Å². The summed E-state index contributed by atoms with van der Waals surface area (Å²) in [5.74, 6) is 6.94. The van der Waals surface area contributed by atoms with Crippen LogP contribution in [0.2, 0.25) is 0 Å². The summed E-state index contributed by atoms with van der Waals surface area (Å²) in [6.07, 6.45) is 3.45. The van der Waals surface area contributed by atoms with Crippen molar-refractivity contribution in [1.29, 1.82) is 0 Å². The Bertz CT molecular complexity index is 1080. The lowest BCUT2D eigenvalue weighted by atomic mass is 10.1. The number of rotatable bonds is 3. The highest BCUT2D eigenvalue weighted by Crippen LogP contribution is 2.21. The molecule has 1 aromatic carbocycles. The molecule has 0 atom stereocenters. The Hall–Kier alpha value is -3.76. The highest BCUT2D eigenvalue weighted by Gasteiger charge is 2.18. The standard InChI is InChI=1S/C23H21N5O2/c1-30-23(29)20-15-21(28-13-11-24-12-14-28)27-22(26-20)19-8-6-17(7-9-19)4-5-18-3-2-10-25-16-18/h2-3,6-10,15-16,24H,11-14H2,1H3. The van der Waals surface area contributed by atoms with Gasteiger partial charge in [-0.15, -0.1) is 0 Å². The Morgan fingerprint density at radius 1 is 1.07 bits per heavy atom. The highest BCUT2D eigenvalue weighted by atomic mass is 16.5. The lowest BCUT2D eigenvalue weighted by Gasteiger charge is -2.28. The van der Waals surface area contributed by atoms with E-state index in [2.05, 4.69) is 32.0 Å². The fourth-order valence-corrected chi connectivity index (χ4v) is 3.11. The first-order chi connectivity index (χ1) is 14.7. The topological polar surface area (TPSA) is 80.2 Å². The number of methoxy groups -OCH3 is 1. The van der Waals surface area contributed by atoms with Crippen LogP contribution in [-0.2, 0) is 4.74 Å². The molecule has 3 aromatic rings. The molecule has 1 aliphatic heterocycles. The van der Waals surface area contributed by atoms with Gasteiger partial charge in [0.25, 0.3) is 0 Å². The first kappa shape index (κ1) is 19.6. The number of benzene rings is 1. The average Bonchev–Trinajstić information content (AvgIpc) is 2.83. The molecule has 7 heteroatoms. The molecule has 3 heterocycles. The number of carbonyl (C=O) groups is 1. The molecular weight excluding hydrogens is 378 g/mol. The molecule has 1 N–H and O–H groups in total. The number of anilines is 1. The first-order valence-corrected chi connectivity index (χ1v) is 9.68. The number of pyridine rings is 1. The molecule has 0 bridgehead atoms. The molecule has 1 fully saturated rings. The Kier molecular flexibility index (Phi) is 5.97. The Morgan fingerprint density at radius 2 is 1.83 bits per heavy atom. The Labute approximate surface area is 175 Å². The molecule has 30 heavy (non-hydrogen) atoms. The van der Waals surface area contributed by atoms with Crippen molar-refractivity contribution in [1.82, 2.24) is 20.3 Å². The van der Waals surface area contributed by atoms with Gasteiger partial charge >= 0.3 is 5.97 Å². The first-order valence-electron chi connectivity index (χ1n) is 9.68. The fourth-order valence-electron chi connectivity index (χ4n) is 3.11. The zero-order chi connectivity index (χ0) is 20.8. The van der Waals surface area contributed by atoms with E-state index in [-0.39, 0.29) is 5.69 Å². The number of nitrogens with one attached hydrogen (secondary N) is 1. The summed E-state index contributed by atoms with van der Waals surface area (Å²) in [7, 11) is 1.35. The van der Waals surface area contributed by atoms with Crippen LogP contribution < -0.4 is 10.2 Å². The zero-order valence-corrected chi connectivity index (χ0v) is 16.6. The summed E-state index contributed by atoms with van der Waals surface area (Å²) in [4.78, 5) is 27.5. The maximum atomic E-state index is 12.1. The smallest absolute Gasteiger partial charge is 0.356 e. The van der Waals surface area contributed by atoms with E-state index < -0.39 is 5.97 Å². The maximum Gasteiger partial charge on any atom is 0.356 e. The zero-order valence-electron chi connectivity index (χ0n) is 16.6. The van der Waals surface area contributed by atoms with Crippen molar-refractivity contribution in [2.24, 2.45) is 0 Å². The Balaban J connectivity index is 1.63. The number of carbonyl (C=O) groups excluding carboxylic acids is 1. The van der Waals surface area contributed by atoms with Crippen LogP contribution in [0.3, 0.4) is 0 Å². The van der Waals surface area contributed by atoms with E-state index in [1.54, 1.807) is 18.5 Å². The van der Waals surface area contributed by atoms with Crippen LogP contribution in [-0.4, -0.2) is 54.2 Å². The van der Waals surface area contributed by atoms with E-state index in [4.69, 9.17) is 9.72 Å². The fraction of sp³-hybridized carbons (Fsp3) is 0.217. The van der Waals surface area contributed by atoms with Crippen LogP contribution in [0.15, 0.2) is 54.9 Å². The number of nitrogens with zero attached hydrogens (tertiary/aromatic N) is 4. The maximum absolute atomic E-state index is 12.1. The molecule has 1 saturated heterocycles. The summed E-state index contributed by atoms with van der Waals surface area (Å²) < 4.78 is 4.88. The Morgan fingerprint density at radius 3 is 2.53 bits per heavy atom. The van der Waals surface area contributed by atoms with E-state index >= 15 is 0 Å². The summed E-state index contributed by atoms with van der Waals surface area (Å²) >= 11 is 0. The molecule has 150 valence electrons.